The Morgan fingerprint density at radius 1 is 1.61 bits per heavy atom. The third-order valence-electron chi connectivity index (χ3n) is 2.80. The summed E-state index contributed by atoms with van der Waals surface area (Å²) in [6.45, 7) is 5.68. The summed E-state index contributed by atoms with van der Waals surface area (Å²) in [5.41, 5.74) is 1.41. The average molecular weight is 274 g/mol. The van der Waals surface area contributed by atoms with Crippen molar-refractivity contribution in [1.29, 1.82) is 0 Å². The minimum Gasteiger partial charge on any atom is -0.443 e. The first-order chi connectivity index (χ1) is 8.26. The van der Waals surface area contributed by atoms with E-state index in [2.05, 4.69) is 5.43 Å². The highest BCUT2D eigenvalue weighted by molar-refractivity contribution is 7.99. The van der Waals surface area contributed by atoms with Gasteiger partial charge in [-0.3, -0.25) is 0 Å². The van der Waals surface area contributed by atoms with Crippen molar-refractivity contribution in [3.05, 3.63) is 0 Å². The van der Waals surface area contributed by atoms with Gasteiger partial charge in [-0.1, -0.05) is 0 Å². The van der Waals surface area contributed by atoms with Crippen molar-refractivity contribution < 1.29 is 19.1 Å². The molecule has 0 aromatic rings. The molecule has 2 rings (SSSR count). The summed E-state index contributed by atoms with van der Waals surface area (Å²) in [4.78, 5) is 23.2. The molecule has 2 aliphatic rings. The first-order valence-electron chi connectivity index (χ1n) is 5.79. The zero-order chi connectivity index (χ0) is 13.6. The predicted octanol–water partition coefficient (Wildman–Crippen LogP) is 1.75. The average Bonchev–Trinajstić information content (AvgIpc) is 2.77. The number of nitrogens with zero attached hydrogens (tertiary/aromatic N) is 1. The molecular weight excluding hydrogens is 256 g/mol. The van der Waals surface area contributed by atoms with Gasteiger partial charge in [0, 0.05) is 6.42 Å². The fourth-order valence-electron chi connectivity index (χ4n) is 1.92. The monoisotopic (exact) mass is 274 g/mol. The third-order valence-corrected chi connectivity index (χ3v) is 3.97. The molecule has 0 aromatic carbocycles. The molecule has 102 valence electrons. The summed E-state index contributed by atoms with van der Waals surface area (Å²) in [5.74, 6) is 0. The molecule has 0 aromatic heterocycles. The molecule has 1 saturated carbocycles. The maximum absolute atomic E-state index is 11.6. The van der Waals surface area contributed by atoms with Crippen molar-refractivity contribution in [2.45, 2.75) is 43.6 Å². The Hall–Kier alpha value is -1.11. The molecule has 7 heteroatoms. The Morgan fingerprint density at radius 2 is 2.28 bits per heavy atom. The minimum atomic E-state index is -0.641. The summed E-state index contributed by atoms with van der Waals surface area (Å²) in [6, 6.07) is 0. The van der Waals surface area contributed by atoms with Gasteiger partial charge in [0.1, 0.15) is 11.2 Å². The van der Waals surface area contributed by atoms with Crippen LogP contribution in [-0.4, -0.2) is 46.4 Å². The number of rotatable bonds is 2. The van der Waals surface area contributed by atoms with Crippen LogP contribution in [-0.2, 0) is 9.47 Å². The van der Waals surface area contributed by atoms with E-state index in [4.69, 9.17) is 9.47 Å². The van der Waals surface area contributed by atoms with Gasteiger partial charge in [0.05, 0.1) is 11.8 Å². The summed E-state index contributed by atoms with van der Waals surface area (Å²) in [5, 5.41) is 1.51. The van der Waals surface area contributed by atoms with Crippen molar-refractivity contribution in [3.63, 3.8) is 0 Å². The molecule has 2 unspecified atom stereocenters. The highest BCUT2D eigenvalue weighted by Crippen LogP contribution is 2.51. The van der Waals surface area contributed by atoms with Gasteiger partial charge in [-0.2, -0.15) is 11.8 Å². The molecule has 1 aliphatic carbocycles. The van der Waals surface area contributed by atoms with Gasteiger partial charge >= 0.3 is 12.2 Å². The van der Waals surface area contributed by atoms with Gasteiger partial charge in [0.15, 0.2) is 0 Å². The Kier molecular flexibility index (Phi) is 3.12. The van der Waals surface area contributed by atoms with Crippen LogP contribution < -0.4 is 5.43 Å². The first kappa shape index (κ1) is 13.3. The van der Waals surface area contributed by atoms with Crippen LogP contribution >= 0.6 is 11.8 Å². The second-order valence-corrected chi connectivity index (χ2v) is 6.60. The summed E-state index contributed by atoms with van der Waals surface area (Å²) in [7, 11) is 0. The lowest BCUT2D eigenvalue weighted by Gasteiger charge is -2.22. The van der Waals surface area contributed by atoms with Crippen molar-refractivity contribution in [1.82, 2.24) is 10.4 Å². The number of amides is 2. The van der Waals surface area contributed by atoms with E-state index in [1.54, 1.807) is 32.5 Å². The van der Waals surface area contributed by atoms with Crippen LogP contribution in [0.25, 0.3) is 0 Å². The molecule has 6 nitrogen and oxygen atoms in total. The van der Waals surface area contributed by atoms with Crippen LogP contribution in [0.3, 0.4) is 0 Å². The lowest BCUT2D eigenvalue weighted by molar-refractivity contribution is 0.0389. The van der Waals surface area contributed by atoms with E-state index in [-0.39, 0.29) is 0 Å². The quantitative estimate of drug-likeness (QED) is 0.831. The molecule has 1 heterocycles. The summed E-state index contributed by atoms with van der Waals surface area (Å²) in [6.07, 6.45) is 1.67. The number of carbonyl (C=O) groups is 2. The molecule has 1 saturated heterocycles. The molecule has 0 radical (unpaired) electrons. The number of carbonyl (C=O) groups excluding carboxylic acids is 2. The number of hydrogen-bond donors (Lipinski definition) is 1. The molecule has 0 bridgehead atoms. The van der Waals surface area contributed by atoms with Gasteiger partial charge in [0.25, 0.3) is 0 Å². The Balaban J connectivity index is 1.88. The normalized spacial score (nSPS) is 30.3. The van der Waals surface area contributed by atoms with Gasteiger partial charge in [-0.25, -0.2) is 20.0 Å². The van der Waals surface area contributed by atoms with Crippen molar-refractivity contribution in [2.24, 2.45) is 0 Å². The van der Waals surface area contributed by atoms with Crippen LogP contribution in [0.2, 0.25) is 0 Å². The van der Waals surface area contributed by atoms with E-state index < -0.39 is 23.4 Å². The largest absolute Gasteiger partial charge is 0.443 e. The molecule has 1 spiro atoms. The maximum atomic E-state index is 11.6. The van der Waals surface area contributed by atoms with Crippen molar-refractivity contribution in [2.75, 3.05) is 12.8 Å². The highest BCUT2D eigenvalue weighted by atomic mass is 32.2. The molecule has 1 N–H and O–H groups in total. The predicted molar refractivity (Wildman–Crippen MR) is 67.2 cm³/mol. The fourth-order valence-corrected chi connectivity index (χ4v) is 2.92. The van der Waals surface area contributed by atoms with Gasteiger partial charge in [-0.05, 0) is 27.0 Å². The van der Waals surface area contributed by atoms with Crippen molar-refractivity contribution in [3.8, 4) is 0 Å². The highest BCUT2D eigenvalue weighted by Gasteiger charge is 2.63. The van der Waals surface area contributed by atoms with E-state index >= 15 is 0 Å². The van der Waals surface area contributed by atoms with Gasteiger partial charge in [0.2, 0.25) is 0 Å². The molecule has 18 heavy (non-hydrogen) atoms. The number of thioether (sulfide) groups is 1. The first-order valence-corrected chi connectivity index (χ1v) is 7.07. The Bertz CT molecular complexity index is 382. The standard InChI is InChI=1S/C11H18N2O4S/c1-10(2,3)16-8(14)12-13-6-11(17-9(13)15)5-7(11)18-4/h7H,5-6H2,1-4H3,(H,12,14). The molecule has 1 aliphatic heterocycles. The number of hydrogen-bond acceptors (Lipinski definition) is 5. The van der Waals surface area contributed by atoms with E-state index in [1.165, 1.54) is 5.01 Å². The number of nitrogens with one attached hydrogen (secondary N) is 1. The molecule has 2 atom stereocenters. The zero-order valence-corrected chi connectivity index (χ0v) is 11.8. The van der Waals surface area contributed by atoms with Crippen LogP contribution in [0.5, 0.6) is 0 Å². The SMILES string of the molecule is CSC1CC12CN(NC(=O)OC(C)(C)C)C(=O)O2. The van der Waals surface area contributed by atoms with Gasteiger partial charge in [-0.15, -0.1) is 0 Å². The Labute approximate surface area is 110 Å². The number of ether oxygens (including phenoxy) is 2. The minimum absolute atomic E-state index is 0.326. The molecule has 2 amide bonds. The molecule has 2 fully saturated rings. The van der Waals surface area contributed by atoms with E-state index in [9.17, 15) is 9.59 Å². The maximum Gasteiger partial charge on any atom is 0.429 e. The van der Waals surface area contributed by atoms with Crippen LogP contribution in [0.1, 0.15) is 27.2 Å². The fraction of sp³-hybridized carbons (Fsp3) is 0.818. The van der Waals surface area contributed by atoms with Crippen LogP contribution in [0, 0.1) is 0 Å². The van der Waals surface area contributed by atoms with Crippen molar-refractivity contribution >= 4 is 23.9 Å². The van der Waals surface area contributed by atoms with Gasteiger partial charge < -0.3 is 9.47 Å². The second kappa shape index (κ2) is 4.22. The zero-order valence-electron chi connectivity index (χ0n) is 11.0. The van der Waals surface area contributed by atoms with Crippen LogP contribution in [0.4, 0.5) is 9.59 Å². The lowest BCUT2D eigenvalue weighted by atomic mass is 10.2. The summed E-state index contributed by atoms with van der Waals surface area (Å²) < 4.78 is 10.4. The second-order valence-electron chi connectivity index (χ2n) is 5.56. The summed E-state index contributed by atoms with van der Waals surface area (Å²) >= 11 is 1.67. The van der Waals surface area contributed by atoms with Crippen LogP contribution in [0.15, 0.2) is 0 Å². The van der Waals surface area contributed by atoms with E-state index in [0.29, 0.717) is 11.8 Å². The van der Waals surface area contributed by atoms with E-state index in [1.807, 2.05) is 6.26 Å². The molecular formula is C11H18N2O4S. The number of hydrazine groups is 1. The topological polar surface area (TPSA) is 67.9 Å². The third kappa shape index (κ3) is 2.66. The smallest absolute Gasteiger partial charge is 0.429 e. The lowest BCUT2D eigenvalue weighted by Crippen LogP contribution is -2.45. The van der Waals surface area contributed by atoms with E-state index in [0.717, 1.165) is 6.42 Å². The Morgan fingerprint density at radius 3 is 2.78 bits per heavy atom.